The molecule has 0 bridgehead atoms. The van der Waals surface area contributed by atoms with Crippen LogP contribution in [0.25, 0.3) is 12.2 Å². The van der Waals surface area contributed by atoms with Gasteiger partial charge in [-0.2, -0.15) is 0 Å². The summed E-state index contributed by atoms with van der Waals surface area (Å²) in [5.74, 6) is 1.90. The van der Waals surface area contributed by atoms with Gasteiger partial charge in [0.1, 0.15) is 11.5 Å². The average molecular weight is 391 g/mol. The molecule has 3 rings (SSSR count). The van der Waals surface area contributed by atoms with Crippen molar-refractivity contribution in [2.24, 2.45) is 0 Å². The van der Waals surface area contributed by atoms with Gasteiger partial charge in [-0.15, -0.1) is 0 Å². The fourth-order valence-corrected chi connectivity index (χ4v) is 3.34. The number of Topliss-reactive ketones (excluding diaryl/α,β-unsaturated/α-hetero) is 1. The van der Waals surface area contributed by atoms with Crippen LogP contribution in [0.3, 0.4) is 0 Å². The van der Waals surface area contributed by atoms with E-state index in [1.807, 2.05) is 60.7 Å². The first-order chi connectivity index (χ1) is 14.2. The minimum Gasteiger partial charge on any atom is -0.494 e. The van der Waals surface area contributed by atoms with Gasteiger partial charge in [0.05, 0.1) is 13.2 Å². The van der Waals surface area contributed by atoms with E-state index in [0.717, 1.165) is 79.1 Å². The molecule has 1 aliphatic carbocycles. The number of carbonyl (C=O) groups excluding carboxylic acids is 1. The maximum absolute atomic E-state index is 13.0. The molecule has 0 spiro atoms. The Balaban J connectivity index is 1.70. The predicted octanol–water partition coefficient (Wildman–Crippen LogP) is 6.48. The van der Waals surface area contributed by atoms with E-state index in [4.69, 9.17) is 9.47 Å². The van der Waals surface area contributed by atoms with E-state index in [1.165, 1.54) is 0 Å². The molecule has 1 saturated carbocycles. The van der Waals surface area contributed by atoms with Crippen LogP contribution >= 0.6 is 0 Å². The lowest BCUT2D eigenvalue weighted by molar-refractivity contribution is -0.112. The second kappa shape index (κ2) is 10.7. The zero-order valence-corrected chi connectivity index (χ0v) is 17.4. The Morgan fingerprint density at radius 1 is 0.724 bits per heavy atom. The summed E-state index contributed by atoms with van der Waals surface area (Å²) in [7, 11) is 0. The Labute approximate surface area is 174 Å². The highest BCUT2D eigenvalue weighted by Gasteiger charge is 2.20. The minimum absolute atomic E-state index is 0.161. The van der Waals surface area contributed by atoms with Crippen molar-refractivity contribution in [3.05, 3.63) is 70.8 Å². The van der Waals surface area contributed by atoms with Gasteiger partial charge < -0.3 is 9.47 Å². The van der Waals surface area contributed by atoms with Gasteiger partial charge in [0.25, 0.3) is 0 Å². The van der Waals surface area contributed by atoms with Crippen molar-refractivity contribution in [2.45, 2.75) is 46.0 Å². The Morgan fingerprint density at radius 2 is 1.14 bits per heavy atom. The van der Waals surface area contributed by atoms with Gasteiger partial charge in [-0.05, 0) is 79.6 Å². The summed E-state index contributed by atoms with van der Waals surface area (Å²) in [5, 5.41) is 0. The van der Waals surface area contributed by atoms with Crippen molar-refractivity contribution < 1.29 is 14.3 Å². The maximum Gasteiger partial charge on any atom is 0.185 e. The SMILES string of the molecule is CCCOc1ccc(/C=C2/CCC/C(=C\c3ccc(OCCC)cc3)C2=O)cc1. The van der Waals surface area contributed by atoms with Crippen molar-refractivity contribution in [1.29, 1.82) is 0 Å². The summed E-state index contributed by atoms with van der Waals surface area (Å²) in [4.78, 5) is 13.0. The molecule has 0 atom stereocenters. The molecule has 3 nitrogen and oxygen atoms in total. The van der Waals surface area contributed by atoms with Crippen LogP contribution in [0, 0.1) is 0 Å². The van der Waals surface area contributed by atoms with Crippen LogP contribution in [-0.2, 0) is 4.79 Å². The first-order valence-electron chi connectivity index (χ1n) is 10.6. The number of hydrogen-bond donors (Lipinski definition) is 0. The van der Waals surface area contributed by atoms with Crippen LogP contribution in [0.15, 0.2) is 59.7 Å². The quantitative estimate of drug-likeness (QED) is 0.484. The Kier molecular flexibility index (Phi) is 7.69. The van der Waals surface area contributed by atoms with Crippen LogP contribution in [-0.4, -0.2) is 19.0 Å². The van der Waals surface area contributed by atoms with Crippen molar-refractivity contribution in [3.8, 4) is 11.5 Å². The van der Waals surface area contributed by atoms with Crippen LogP contribution < -0.4 is 9.47 Å². The van der Waals surface area contributed by atoms with Crippen molar-refractivity contribution in [2.75, 3.05) is 13.2 Å². The molecule has 0 aromatic heterocycles. The molecule has 0 aliphatic heterocycles. The standard InChI is InChI=1S/C26H30O3/c1-3-16-28-24-12-8-20(9-13-24)18-22-6-5-7-23(26(22)27)19-21-10-14-25(15-11-21)29-17-4-2/h8-15,18-19H,3-7,16-17H2,1-2H3/b22-18-,23-19+. The fraction of sp³-hybridized carbons (Fsp3) is 0.346. The molecule has 0 amide bonds. The highest BCUT2D eigenvalue weighted by atomic mass is 16.5. The first-order valence-corrected chi connectivity index (χ1v) is 10.6. The van der Waals surface area contributed by atoms with E-state index >= 15 is 0 Å². The monoisotopic (exact) mass is 390 g/mol. The zero-order chi connectivity index (χ0) is 20.5. The number of benzene rings is 2. The maximum atomic E-state index is 13.0. The van der Waals surface area contributed by atoms with Gasteiger partial charge in [-0.3, -0.25) is 4.79 Å². The number of ether oxygens (including phenoxy) is 2. The average Bonchev–Trinajstić information content (AvgIpc) is 2.75. The lowest BCUT2D eigenvalue weighted by atomic mass is 9.87. The third kappa shape index (κ3) is 6.08. The van der Waals surface area contributed by atoms with E-state index in [9.17, 15) is 4.79 Å². The van der Waals surface area contributed by atoms with Crippen LogP contribution in [0.5, 0.6) is 11.5 Å². The fourth-order valence-electron chi connectivity index (χ4n) is 3.34. The second-order valence-corrected chi connectivity index (χ2v) is 7.36. The molecular weight excluding hydrogens is 360 g/mol. The molecule has 29 heavy (non-hydrogen) atoms. The highest BCUT2D eigenvalue weighted by molar-refractivity contribution is 6.13. The van der Waals surface area contributed by atoms with Gasteiger partial charge in [-0.25, -0.2) is 0 Å². The summed E-state index contributed by atoms with van der Waals surface area (Å²) >= 11 is 0. The molecule has 0 heterocycles. The third-order valence-corrected chi connectivity index (χ3v) is 4.86. The molecule has 0 N–H and O–H groups in total. The summed E-state index contributed by atoms with van der Waals surface area (Å²) < 4.78 is 11.3. The van der Waals surface area contributed by atoms with Gasteiger partial charge in [-0.1, -0.05) is 38.1 Å². The molecule has 0 unspecified atom stereocenters. The van der Waals surface area contributed by atoms with Crippen LogP contribution in [0.2, 0.25) is 0 Å². The van der Waals surface area contributed by atoms with Gasteiger partial charge in [0, 0.05) is 11.1 Å². The molecule has 1 aliphatic rings. The second-order valence-electron chi connectivity index (χ2n) is 7.36. The molecule has 3 heteroatoms. The predicted molar refractivity (Wildman–Crippen MR) is 119 cm³/mol. The molecule has 0 saturated heterocycles. The van der Waals surface area contributed by atoms with E-state index in [1.54, 1.807) is 0 Å². The van der Waals surface area contributed by atoms with E-state index in [-0.39, 0.29) is 5.78 Å². The molecular formula is C26H30O3. The molecule has 2 aromatic rings. The summed E-state index contributed by atoms with van der Waals surface area (Å²) in [6.45, 7) is 5.62. The molecule has 1 fully saturated rings. The van der Waals surface area contributed by atoms with Crippen molar-refractivity contribution >= 4 is 17.9 Å². The molecule has 2 aromatic carbocycles. The van der Waals surface area contributed by atoms with Crippen molar-refractivity contribution in [3.63, 3.8) is 0 Å². The summed E-state index contributed by atoms with van der Waals surface area (Å²) in [6.07, 6.45) is 8.66. The first kappa shape index (κ1) is 20.9. The lowest BCUT2D eigenvalue weighted by Crippen LogP contribution is -2.12. The summed E-state index contributed by atoms with van der Waals surface area (Å²) in [5.41, 5.74) is 3.84. The number of ketones is 1. The molecule has 152 valence electrons. The Hall–Kier alpha value is -2.81. The largest absolute Gasteiger partial charge is 0.494 e. The Bertz CT molecular complexity index is 786. The van der Waals surface area contributed by atoms with Crippen LogP contribution in [0.1, 0.15) is 57.1 Å². The smallest absolute Gasteiger partial charge is 0.185 e. The van der Waals surface area contributed by atoms with E-state index in [2.05, 4.69) is 13.8 Å². The van der Waals surface area contributed by atoms with Gasteiger partial charge in [0.2, 0.25) is 0 Å². The normalized spacial score (nSPS) is 17.0. The van der Waals surface area contributed by atoms with Crippen LogP contribution in [0.4, 0.5) is 0 Å². The number of hydrogen-bond acceptors (Lipinski definition) is 3. The Morgan fingerprint density at radius 3 is 1.52 bits per heavy atom. The highest BCUT2D eigenvalue weighted by Crippen LogP contribution is 2.28. The van der Waals surface area contributed by atoms with E-state index in [0.29, 0.717) is 0 Å². The topological polar surface area (TPSA) is 35.5 Å². The number of carbonyl (C=O) groups is 1. The number of allylic oxidation sites excluding steroid dienone is 2. The number of rotatable bonds is 8. The zero-order valence-electron chi connectivity index (χ0n) is 17.4. The molecule has 0 radical (unpaired) electrons. The summed E-state index contributed by atoms with van der Waals surface area (Å²) in [6, 6.07) is 15.9. The third-order valence-electron chi connectivity index (χ3n) is 4.86. The van der Waals surface area contributed by atoms with Crippen molar-refractivity contribution in [1.82, 2.24) is 0 Å². The van der Waals surface area contributed by atoms with Gasteiger partial charge >= 0.3 is 0 Å². The lowest BCUT2D eigenvalue weighted by Gasteiger charge is -2.17. The minimum atomic E-state index is 0.161. The van der Waals surface area contributed by atoms with Gasteiger partial charge in [0.15, 0.2) is 5.78 Å². The van der Waals surface area contributed by atoms with E-state index < -0.39 is 0 Å².